The fraction of sp³-hybridized carbons (Fsp3) is 0.286. The second kappa shape index (κ2) is 13.3. The molecule has 0 unspecified atom stereocenters. The molecule has 0 aromatic heterocycles. The molecule has 0 aliphatic heterocycles. The summed E-state index contributed by atoms with van der Waals surface area (Å²) in [6.07, 6.45) is 6.01. The average molecular weight is 483 g/mol. The molecule has 0 saturated heterocycles. The Morgan fingerprint density at radius 2 is 1.80 bits per heavy atom. The van der Waals surface area contributed by atoms with Crippen LogP contribution in [0.3, 0.4) is 0 Å². The van der Waals surface area contributed by atoms with E-state index >= 15 is 0 Å². The number of hydrogen-bond acceptors (Lipinski definition) is 5. The van der Waals surface area contributed by atoms with Gasteiger partial charge in [0, 0.05) is 24.1 Å². The number of hydrogen-bond donors (Lipinski definition) is 2. The number of ketones is 1. The van der Waals surface area contributed by atoms with Crippen molar-refractivity contribution in [3.05, 3.63) is 88.8 Å². The van der Waals surface area contributed by atoms with E-state index in [1.54, 1.807) is 24.4 Å². The number of nitrogens with zero attached hydrogens (tertiary/aromatic N) is 1. The third kappa shape index (κ3) is 8.30. The Morgan fingerprint density at radius 3 is 2.37 bits per heavy atom. The zero-order valence-corrected chi connectivity index (χ0v) is 20.7. The molecule has 2 aromatic carbocycles. The molecule has 2 rings (SSSR count). The van der Waals surface area contributed by atoms with E-state index in [0.717, 1.165) is 39.4 Å². The number of carbonyl (C=O) groups is 1. The van der Waals surface area contributed by atoms with Gasteiger partial charge in [-0.05, 0) is 93.6 Å². The van der Waals surface area contributed by atoms with Gasteiger partial charge in [-0.3, -0.25) is 9.79 Å². The van der Waals surface area contributed by atoms with Gasteiger partial charge >= 0.3 is 6.61 Å². The van der Waals surface area contributed by atoms with Crippen molar-refractivity contribution in [2.24, 2.45) is 4.99 Å². The number of Topliss-reactive ketones (excluding diaryl/α,β-unsaturated/α-hetero) is 1. The Morgan fingerprint density at radius 1 is 1.11 bits per heavy atom. The number of benzene rings is 2. The number of aliphatic hydroxyl groups excluding tert-OH is 1. The minimum atomic E-state index is -2.86. The maximum atomic E-state index is 12.4. The van der Waals surface area contributed by atoms with Gasteiger partial charge in [-0.15, -0.1) is 0 Å². The van der Waals surface area contributed by atoms with Crippen molar-refractivity contribution in [1.82, 2.24) is 0 Å². The second-order valence-corrected chi connectivity index (χ2v) is 8.01. The average Bonchev–Trinajstić information content (AvgIpc) is 2.81. The molecule has 0 atom stereocenters. The zero-order chi connectivity index (χ0) is 26.0. The molecule has 0 heterocycles. The largest absolute Gasteiger partial charge is 0.435 e. The molecule has 0 spiro atoms. The number of aliphatic hydroxyl groups is 1. The van der Waals surface area contributed by atoms with Crippen LogP contribution in [0.5, 0.6) is 5.75 Å². The number of anilines is 1. The molecule has 0 amide bonds. The normalized spacial score (nSPS) is 13.3. The highest BCUT2D eigenvalue weighted by atomic mass is 19.3. The SMILES string of the molecule is C\C=C/C(C)=C(Nc1ccc(C(C)=O)c(CCO)c1)\C(C)=N\C=C(/C)c1ccc(OC(F)F)cc1. The van der Waals surface area contributed by atoms with E-state index in [4.69, 9.17) is 0 Å². The van der Waals surface area contributed by atoms with Crippen LogP contribution in [0.15, 0.2) is 77.1 Å². The summed E-state index contributed by atoms with van der Waals surface area (Å²) in [5, 5.41) is 12.8. The maximum Gasteiger partial charge on any atom is 0.387 e. The molecular formula is C28H32F2N2O3. The Bertz CT molecular complexity index is 1150. The van der Waals surface area contributed by atoms with Gasteiger partial charge in [0.05, 0.1) is 11.4 Å². The highest BCUT2D eigenvalue weighted by molar-refractivity contribution is 6.02. The van der Waals surface area contributed by atoms with Crippen molar-refractivity contribution in [3.63, 3.8) is 0 Å². The second-order valence-electron chi connectivity index (χ2n) is 8.01. The fourth-order valence-corrected chi connectivity index (χ4v) is 3.53. The van der Waals surface area contributed by atoms with Crippen molar-refractivity contribution >= 4 is 22.8 Å². The molecule has 0 bridgehead atoms. The lowest BCUT2D eigenvalue weighted by Gasteiger charge is -2.16. The van der Waals surface area contributed by atoms with Crippen molar-refractivity contribution < 1.29 is 23.4 Å². The van der Waals surface area contributed by atoms with E-state index in [1.807, 2.05) is 52.0 Å². The molecule has 186 valence electrons. The monoisotopic (exact) mass is 482 g/mol. The van der Waals surface area contributed by atoms with Crippen LogP contribution < -0.4 is 10.1 Å². The predicted molar refractivity (Wildman–Crippen MR) is 138 cm³/mol. The van der Waals surface area contributed by atoms with Crippen molar-refractivity contribution in [2.45, 2.75) is 47.7 Å². The first-order valence-electron chi connectivity index (χ1n) is 11.3. The highest BCUT2D eigenvalue weighted by Crippen LogP contribution is 2.22. The van der Waals surface area contributed by atoms with E-state index in [-0.39, 0.29) is 18.1 Å². The molecule has 35 heavy (non-hydrogen) atoms. The van der Waals surface area contributed by atoms with Gasteiger partial charge in [0.2, 0.25) is 0 Å². The van der Waals surface area contributed by atoms with Crippen molar-refractivity contribution in [1.29, 1.82) is 0 Å². The number of rotatable bonds is 11. The van der Waals surface area contributed by atoms with Crippen molar-refractivity contribution in [3.8, 4) is 5.75 Å². The minimum Gasteiger partial charge on any atom is -0.435 e. The molecule has 5 nitrogen and oxygen atoms in total. The third-order valence-electron chi connectivity index (χ3n) is 5.29. The fourth-order valence-electron chi connectivity index (χ4n) is 3.53. The minimum absolute atomic E-state index is 0.0481. The quantitative estimate of drug-likeness (QED) is 0.210. The number of allylic oxidation sites excluding steroid dienone is 5. The first-order chi connectivity index (χ1) is 16.7. The highest BCUT2D eigenvalue weighted by Gasteiger charge is 2.11. The Balaban J connectivity index is 2.35. The van der Waals surface area contributed by atoms with Crippen LogP contribution in [0.1, 0.15) is 56.1 Å². The van der Waals surface area contributed by atoms with Crippen LogP contribution in [0, 0.1) is 0 Å². The molecule has 0 aliphatic rings. The number of aliphatic imine (C=N–C) groups is 1. The van der Waals surface area contributed by atoms with E-state index in [2.05, 4.69) is 15.0 Å². The number of carbonyl (C=O) groups excluding carboxylic acids is 1. The number of ether oxygens (including phenoxy) is 1. The van der Waals surface area contributed by atoms with Crippen LogP contribution in [-0.2, 0) is 6.42 Å². The molecular weight excluding hydrogens is 450 g/mol. The zero-order valence-electron chi connectivity index (χ0n) is 20.7. The lowest BCUT2D eigenvalue weighted by atomic mass is 10.0. The summed E-state index contributed by atoms with van der Waals surface area (Å²) in [7, 11) is 0. The van der Waals surface area contributed by atoms with Gasteiger partial charge in [-0.25, -0.2) is 0 Å². The molecule has 7 heteroatoms. The smallest absolute Gasteiger partial charge is 0.387 e. The van der Waals surface area contributed by atoms with Crippen LogP contribution in [-0.4, -0.2) is 29.8 Å². The first-order valence-corrected chi connectivity index (χ1v) is 11.3. The third-order valence-corrected chi connectivity index (χ3v) is 5.29. The van der Waals surface area contributed by atoms with E-state index < -0.39 is 6.61 Å². The molecule has 0 saturated carbocycles. The molecule has 0 radical (unpaired) electrons. The summed E-state index contributed by atoms with van der Waals surface area (Å²) < 4.78 is 29.1. The van der Waals surface area contributed by atoms with Crippen molar-refractivity contribution in [2.75, 3.05) is 11.9 Å². The van der Waals surface area contributed by atoms with Crippen LogP contribution in [0.2, 0.25) is 0 Å². The van der Waals surface area contributed by atoms with Gasteiger partial charge in [-0.2, -0.15) is 8.78 Å². The molecule has 2 N–H and O–H groups in total. The molecule has 0 fully saturated rings. The molecule has 0 aliphatic carbocycles. The van der Waals surface area contributed by atoms with Gasteiger partial charge in [0.15, 0.2) is 5.78 Å². The Hall–Kier alpha value is -3.58. The van der Waals surface area contributed by atoms with Crippen LogP contribution in [0.4, 0.5) is 14.5 Å². The lowest BCUT2D eigenvalue weighted by Crippen LogP contribution is -2.12. The van der Waals surface area contributed by atoms with Crippen LogP contribution >= 0.6 is 0 Å². The standard InChI is InChI=1S/C28H32F2N2O3/c1-6-7-18(2)27(32-24-10-13-26(21(5)34)23(16-24)14-15-33)20(4)31-17-19(3)22-8-11-25(12-9-22)35-28(29)30/h6-13,16-17,28,32-33H,14-15H2,1-5H3/b7-6-,19-17+,27-18+,31-20+. The Labute approximate surface area is 205 Å². The lowest BCUT2D eigenvalue weighted by molar-refractivity contribution is -0.0498. The topological polar surface area (TPSA) is 70.9 Å². The summed E-state index contributed by atoms with van der Waals surface area (Å²) in [6, 6.07) is 11.9. The van der Waals surface area contributed by atoms with E-state index in [9.17, 15) is 18.7 Å². The van der Waals surface area contributed by atoms with Gasteiger partial charge < -0.3 is 15.2 Å². The number of halogens is 2. The van der Waals surface area contributed by atoms with E-state index in [0.29, 0.717) is 12.0 Å². The summed E-state index contributed by atoms with van der Waals surface area (Å²) in [4.78, 5) is 16.6. The number of nitrogens with one attached hydrogen (secondary N) is 1. The van der Waals surface area contributed by atoms with Gasteiger partial charge in [-0.1, -0.05) is 24.3 Å². The van der Waals surface area contributed by atoms with Gasteiger partial charge in [0.1, 0.15) is 5.75 Å². The summed E-state index contributed by atoms with van der Waals surface area (Å²) >= 11 is 0. The summed E-state index contributed by atoms with van der Waals surface area (Å²) in [6.45, 7) is 6.27. The van der Waals surface area contributed by atoms with E-state index in [1.165, 1.54) is 19.1 Å². The first kappa shape index (κ1) is 27.7. The maximum absolute atomic E-state index is 12.4. The predicted octanol–water partition coefficient (Wildman–Crippen LogP) is 6.81. The van der Waals surface area contributed by atoms with Gasteiger partial charge in [0.25, 0.3) is 0 Å². The molecule has 2 aromatic rings. The van der Waals surface area contributed by atoms with Crippen LogP contribution in [0.25, 0.3) is 5.57 Å². The summed E-state index contributed by atoms with van der Waals surface area (Å²) in [5.41, 5.74) is 6.34. The summed E-state index contributed by atoms with van der Waals surface area (Å²) in [5.74, 6) is 0.0528. The Kier molecular flexibility index (Phi) is 10.5. The number of alkyl halides is 2.